The van der Waals surface area contributed by atoms with Crippen LogP contribution in [-0.2, 0) is 0 Å². The molecule has 1 heterocycles. The van der Waals surface area contributed by atoms with Crippen LogP contribution in [-0.4, -0.2) is 15.1 Å². The number of nitrogens with one attached hydrogen (secondary N) is 1. The summed E-state index contributed by atoms with van der Waals surface area (Å²) in [5.41, 5.74) is 1.16. The summed E-state index contributed by atoms with van der Waals surface area (Å²) in [7, 11) is 0. The van der Waals surface area contributed by atoms with Gasteiger partial charge in [0.1, 0.15) is 11.3 Å². The Morgan fingerprint density at radius 3 is 2.55 bits per heavy atom. The molecule has 0 aliphatic carbocycles. The highest BCUT2D eigenvalue weighted by molar-refractivity contribution is 6.35. The van der Waals surface area contributed by atoms with Crippen molar-refractivity contribution in [3.8, 4) is 5.75 Å². The molecule has 0 spiro atoms. The Kier molecular flexibility index (Phi) is 3.34. The van der Waals surface area contributed by atoms with E-state index in [-0.39, 0.29) is 5.75 Å². The zero-order chi connectivity index (χ0) is 14.1. The number of phenols is 1. The number of aromatic hydroxyl groups is 1. The Labute approximate surface area is 125 Å². The van der Waals surface area contributed by atoms with E-state index in [1.807, 2.05) is 6.07 Å². The molecule has 20 heavy (non-hydrogen) atoms. The van der Waals surface area contributed by atoms with Gasteiger partial charge in [0.05, 0.1) is 0 Å². The minimum Gasteiger partial charge on any atom is -0.506 e. The first-order chi connectivity index (χ1) is 9.61. The van der Waals surface area contributed by atoms with Gasteiger partial charge in [0.2, 0.25) is 5.95 Å². The summed E-state index contributed by atoms with van der Waals surface area (Å²) in [5, 5.41) is 14.6. The first kappa shape index (κ1) is 13.0. The van der Waals surface area contributed by atoms with Gasteiger partial charge in [-0.15, -0.1) is 0 Å². The van der Waals surface area contributed by atoms with Crippen molar-refractivity contribution in [3.63, 3.8) is 0 Å². The second-order valence-corrected chi connectivity index (χ2v) is 5.06. The number of hydrogen-bond acceptors (Lipinski definition) is 4. The number of nitrogens with zero attached hydrogens (tertiary/aromatic N) is 2. The maximum Gasteiger partial charge on any atom is 0.227 e. The van der Waals surface area contributed by atoms with Gasteiger partial charge < -0.3 is 10.4 Å². The van der Waals surface area contributed by atoms with Crippen LogP contribution in [0.2, 0.25) is 10.0 Å². The molecular weight excluding hydrogens is 297 g/mol. The van der Waals surface area contributed by atoms with Crippen LogP contribution in [0.5, 0.6) is 5.75 Å². The van der Waals surface area contributed by atoms with Crippen LogP contribution in [0.25, 0.3) is 10.9 Å². The molecule has 3 rings (SSSR count). The van der Waals surface area contributed by atoms with Gasteiger partial charge in [-0.3, -0.25) is 0 Å². The predicted octanol–water partition coefficient (Wildman–Crippen LogP) is 4.39. The van der Waals surface area contributed by atoms with E-state index in [9.17, 15) is 5.11 Å². The molecule has 0 fully saturated rings. The molecule has 0 bridgehead atoms. The normalized spacial score (nSPS) is 10.7. The highest BCUT2D eigenvalue weighted by Crippen LogP contribution is 2.26. The fraction of sp³-hybridized carbons (Fsp3) is 0. The zero-order valence-corrected chi connectivity index (χ0v) is 11.7. The first-order valence-electron chi connectivity index (χ1n) is 5.80. The number of aromatic nitrogens is 2. The molecule has 100 valence electrons. The lowest BCUT2D eigenvalue weighted by atomic mass is 10.2. The molecule has 0 saturated heterocycles. The molecule has 0 unspecified atom stereocenters. The van der Waals surface area contributed by atoms with Gasteiger partial charge in [0.25, 0.3) is 0 Å². The quantitative estimate of drug-likeness (QED) is 0.737. The summed E-state index contributed by atoms with van der Waals surface area (Å²) < 4.78 is 0. The second-order valence-electron chi connectivity index (χ2n) is 4.19. The van der Waals surface area contributed by atoms with Crippen LogP contribution in [0, 0.1) is 0 Å². The van der Waals surface area contributed by atoms with E-state index < -0.39 is 0 Å². The molecule has 2 N–H and O–H groups in total. The smallest absolute Gasteiger partial charge is 0.227 e. The molecular formula is C14H9Cl2N3O. The Balaban J connectivity index is 2.00. The average Bonchev–Trinajstić information content (AvgIpc) is 2.38. The number of halogens is 2. The van der Waals surface area contributed by atoms with Crippen LogP contribution in [0.3, 0.4) is 0 Å². The summed E-state index contributed by atoms with van der Waals surface area (Å²) >= 11 is 11.9. The second kappa shape index (κ2) is 5.15. The van der Waals surface area contributed by atoms with Gasteiger partial charge in [-0.25, -0.2) is 9.97 Å². The van der Waals surface area contributed by atoms with E-state index in [0.29, 0.717) is 27.2 Å². The molecule has 0 saturated carbocycles. The average molecular weight is 306 g/mol. The van der Waals surface area contributed by atoms with Crippen LogP contribution in [0.1, 0.15) is 0 Å². The molecule has 2 aromatic carbocycles. The third-order valence-corrected chi connectivity index (χ3v) is 3.14. The minimum absolute atomic E-state index is 0.108. The molecule has 0 aliphatic heterocycles. The first-order valence-corrected chi connectivity index (χ1v) is 6.55. The number of benzene rings is 2. The highest BCUT2D eigenvalue weighted by atomic mass is 35.5. The third kappa shape index (κ3) is 2.61. The summed E-state index contributed by atoms with van der Waals surface area (Å²) in [4.78, 5) is 8.45. The number of rotatable bonds is 2. The van der Waals surface area contributed by atoms with Gasteiger partial charge in [-0.05, 0) is 24.3 Å². The van der Waals surface area contributed by atoms with E-state index in [2.05, 4.69) is 15.3 Å². The zero-order valence-electron chi connectivity index (χ0n) is 10.1. The topological polar surface area (TPSA) is 58.0 Å². The number of anilines is 2. The van der Waals surface area contributed by atoms with Crippen molar-refractivity contribution in [3.05, 3.63) is 52.6 Å². The standard InChI is InChI=1S/C14H9Cl2N3O/c15-9-4-10(16)6-11(5-9)18-14-17-7-8-2-1-3-12(20)13(8)19-14/h1-7,20H,(H,17,18,19). The van der Waals surface area contributed by atoms with Gasteiger partial charge in [-0.1, -0.05) is 35.3 Å². The molecule has 0 atom stereocenters. The fourth-order valence-electron chi connectivity index (χ4n) is 1.86. The lowest BCUT2D eigenvalue weighted by Gasteiger charge is -2.07. The van der Waals surface area contributed by atoms with Gasteiger partial charge >= 0.3 is 0 Å². The third-order valence-electron chi connectivity index (χ3n) is 2.71. The number of phenolic OH excluding ortho intramolecular Hbond substituents is 1. The number of fused-ring (bicyclic) bond motifs is 1. The Morgan fingerprint density at radius 1 is 1.05 bits per heavy atom. The summed E-state index contributed by atoms with van der Waals surface area (Å²) in [6.07, 6.45) is 1.64. The van der Waals surface area contributed by atoms with E-state index in [0.717, 1.165) is 5.39 Å². The van der Waals surface area contributed by atoms with Crippen LogP contribution >= 0.6 is 23.2 Å². The predicted molar refractivity (Wildman–Crippen MR) is 80.9 cm³/mol. The summed E-state index contributed by atoms with van der Waals surface area (Å²) in [5.74, 6) is 0.467. The Hall–Kier alpha value is -2.04. The van der Waals surface area contributed by atoms with E-state index in [1.54, 1.807) is 36.5 Å². The van der Waals surface area contributed by atoms with Crippen molar-refractivity contribution in [2.24, 2.45) is 0 Å². The largest absolute Gasteiger partial charge is 0.506 e. The van der Waals surface area contributed by atoms with Crippen LogP contribution in [0.15, 0.2) is 42.6 Å². The van der Waals surface area contributed by atoms with Gasteiger partial charge in [0, 0.05) is 27.3 Å². The number of hydrogen-bond donors (Lipinski definition) is 2. The van der Waals surface area contributed by atoms with Gasteiger partial charge in [0.15, 0.2) is 0 Å². The summed E-state index contributed by atoms with van der Waals surface area (Å²) in [6, 6.07) is 10.2. The maximum atomic E-state index is 9.79. The van der Waals surface area contributed by atoms with E-state index >= 15 is 0 Å². The van der Waals surface area contributed by atoms with Crippen molar-refractivity contribution in [1.82, 2.24) is 9.97 Å². The van der Waals surface area contributed by atoms with Crippen molar-refractivity contribution in [2.75, 3.05) is 5.32 Å². The molecule has 4 nitrogen and oxygen atoms in total. The van der Waals surface area contributed by atoms with Crippen LogP contribution in [0.4, 0.5) is 11.6 Å². The fourth-order valence-corrected chi connectivity index (χ4v) is 2.38. The monoisotopic (exact) mass is 305 g/mol. The molecule has 3 aromatic rings. The van der Waals surface area contributed by atoms with E-state index in [4.69, 9.17) is 23.2 Å². The lowest BCUT2D eigenvalue weighted by molar-refractivity contribution is 0.480. The van der Waals surface area contributed by atoms with Crippen molar-refractivity contribution >= 4 is 45.7 Å². The molecule has 0 radical (unpaired) electrons. The highest BCUT2D eigenvalue weighted by Gasteiger charge is 2.05. The number of para-hydroxylation sites is 1. The lowest BCUT2D eigenvalue weighted by Crippen LogP contribution is -1.97. The van der Waals surface area contributed by atoms with Crippen molar-refractivity contribution in [2.45, 2.75) is 0 Å². The molecule has 6 heteroatoms. The molecule has 0 aliphatic rings. The summed E-state index contributed by atoms with van der Waals surface area (Å²) in [6.45, 7) is 0. The molecule has 1 aromatic heterocycles. The molecule has 0 amide bonds. The Morgan fingerprint density at radius 2 is 1.80 bits per heavy atom. The van der Waals surface area contributed by atoms with Crippen molar-refractivity contribution < 1.29 is 5.11 Å². The van der Waals surface area contributed by atoms with Crippen molar-refractivity contribution in [1.29, 1.82) is 0 Å². The Bertz CT molecular complexity index is 772. The minimum atomic E-state index is 0.108. The van der Waals surface area contributed by atoms with Crippen LogP contribution < -0.4 is 5.32 Å². The van der Waals surface area contributed by atoms with Gasteiger partial charge in [-0.2, -0.15) is 0 Å². The van der Waals surface area contributed by atoms with E-state index in [1.165, 1.54) is 0 Å². The maximum absolute atomic E-state index is 9.79. The SMILES string of the molecule is Oc1cccc2cnc(Nc3cc(Cl)cc(Cl)c3)nc12.